The Balaban J connectivity index is 1.83. The van der Waals surface area contributed by atoms with Crippen LogP contribution in [-0.4, -0.2) is 35.0 Å². The molecular formula is C13H16N2O2. The van der Waals surface area contributed by atoms with Crippen molar-refractivity contribution in [3.05, 3.63) is 37.1 Å². The number of likely N-dealkylation sites (tertiary alicyclic amines) is 1. The average Bonchev–Trinajstić information content (AvgIpc) is 2.40. The van der Waals surface area contributed by atoms with Gasteiger partial charge in [0.1, 0.15) is 6.10 Å². The van der Waals surface area contributed by atoms with Gasteiger partial charge in [-0.05, 0) is 12.1 Å². The molecule has 4 nitrogen and oxygen atoms in total. The van der Waals surface area contributed by atoms with Crippen molar-refractivity contribution >= 4 is 5.91 Å². The van der Waals surface area contributed by atoms with Gasteiger partial charge in [-0.15, -0.1) is 0 Å². The third kappa shape index (κ3) is 3.06. The first-order chi connectivity index (χ1) is 8.29. The Bertz CT molecular complexity index is 384. The molecule has 1 aromatic heterocycles. The van der Waals surface area contributed by atoms with E-state index in [9.17, 15) is 4.79 Å². The summed E-state index contributed by atoms with van der Waals surface area (Å²) in [5.41, 5.74) is 0. The lowest BCUT2D eigenvalue weighted by atomic mass is 10.1. The zero-order chi connectivity index (χ0) is 12.1. The van der Waals surface area contributed by atoms with Gasteiger partial charge in [-0.1, -0.05) is 12.6 Å². The second kappa shape index (κ2) is 5.48. The molecular weight excluding hydrogens is 216 g/mol. The van der Waals surface area contributed by atoms with Crippen LogP contribution in [0, 0.1) is 0 Å². The minimum Gasteiger partial charge on any atom is -0.474 e. The van der Waals surface area contributed by atoms with Crippen molar-refractivity contribution in [3.63, 3.8) is 0 Å². The Morgan fingerprint density at radius 2 is 2.24 bits per heavy atom. The standard InChI is InChI=1S/C13H16N2O2/c1-2-13(16)15-9-6-11(7-10-15)17-12-5-3-4-8-14-12/h2-5,8,11H,1,6-7,9-10H2. The molecule has 0 spiro atoms. The predicted octanol–water partition coefficient (Wildman–Crippen LogP) is 1.64. The van der Waals surface area contributed by atoms with E-state index >= 15 is 0 Å². The van der Waals surface area contributed by atoms with E-state index in [0.29, 0.717) is 5.88 Å². The topological polar surface area (TPSA) is 42.4 Å². The van der Waals surface area contributed by atoms with Gasteiger partial charge in [0.2, 0.25) is 11.8 Å². The van der Waals surface area contributed by atoms with Crippen LogP contribution in [0.2, 0.25) is 0 Å². The SMILES string of the molecule is C=CC(=O)N1CCC(Oc2ccccn2)CC1. The van der Waals surface area contributed by atoms with Crippen molar-refractivity contribution in [2.45, 2.75) is 18.9 Å². The summed E-state index contributed by atoms with van der Waals surface area (Å²) in [6.07, 6.45) is 4.91. The highest BCUT2D eigenvalue weighted by molar-refractivity contribution is 5.87. The maximum Gasteiger partial charge on any atom is 0.245 e. The number of piperidine rings is 1. The summed E-state index contributed by atoms with van der Waals surface area (Å²) >= 11 is 0. The van der Waals surface area contributed by atoms with Gasteiger partial charge >= 0.3 is 0 Å². The maximum absolute atomic E-state index is 11.4. The number of ether oxygens (including phenoxy) is 1. The zero-order valence-corrected chi connectivity index (χ0v) is 9.71. The Kier molecular flexibility index (Phi) is 3.75. The first-order valence-corrected chi connectivity index (χ1v) is 5.78. The van der Waals surface area contributed by atoms with E-state index in [0.717, 1.165) is 25.9 Å². The molecule has 0 N–H and O–H groups in total. The molecule has 1 aromatic rings. The Hall–Kier alpha value is -1.84. The quantitative estimate of drug-likeness (QED) is 0.744. The number of pyridine rings is 1. The summed E-state index contributed by atoms with van der Waals surface area (Å²) in [6.45, 7) is 4.94. The van der Waals surface area contributed by atoms with Gasteiger partial charge < -0.3 is 9.64 Å². The number of carbonyl (C=O) groups is 1. The largest absolute Gasteiger partial charge is 0.474 e. The third-order valence-corrected chi connectivity index (χ3v) is 2.85. The molecule has 1 aliphatic rings. The molecule has 2 heterocycles. The second-order valence-electron chi connectivity index (χ2n) is 4.01. The van der Waals surface area contributed by atoms with Crippen LogP contribution >= 0.6 is 0 Å². The van der Waals surface area contributed by atoms with Crippen LogP contribution in [0.15, 0.2) is 37.1 Å². The van der Waals surface area contributed by atoms with Crippen LogP contribution in [0.25, 0.3) is 0 Å². The van der Waals surface area contributed by atoms with Crippen LogP contribution in [0.5, 0.6) is 5.88 Å². The van der Waals surface area contributed by atoms with Crippen molar-refractivity contribution in [1.82, 2.24) is 9.88 Å². The smallest absolute Gasteiger partial charge is 0.245 e. The fourth-order valence-electron chi connectivity index (χ4n) is 1.91. The molecule has 0 atom stereocenters. The minimum absolute atomic E-state index is 0.00119. The second-order valence-corrected chi connectivity index (χ2v) is 4.01. The number of carbonyl (C=O) groups excluding carboxylic acids is 1. The van der Waals surface area contributed by atoms with E-state index in [4.69, 9.17) is 4.74 Å². The fraction of sp³-hybridized carbons (Fsp3) is 0.385. The van der Waals surface area contributed by atoms with Gasteiger partial charge in [0.05, 0.1) is 0 Å². The van der Waals surface area contributed by atoms with E-state index in [1.165, 1.54) is 6.08 Å². The highest BCUT2D eigenvalue weighted by Gasteiger charge is 2.22. The number of rotatable bonds is 3. The molecule has 0 aromatic carbocycles. The van der Waals surface area contributed by atoms with E-state index in [-0.39, 0.29) is 12.0 Å². The van der Waals surface area contributed by atoms with Gasteiger partial charge in [0, 0.05) is 38.2 Å². The molecule has 1 aliphatic heterocycles. The predicted molar refractivity (Wildman–Crippen MR) is 64.7 cm³/mol. The lowest BCUT2D eigenvalue weighted by Crippen LogP contribution is -2.41. The summed E-state index contributed by atoms with van der Waals surface area (Å²) < 4.78 is 5.74. The van der Waals surface area contributed by atoms with E-state index < -0.39 is 0 Å². The van der Waals surface area contributed by atoms with Gasteiger partial charge in [0.25, 0.3) is 0 Å². The lowest BCUT2D eigenvalue weighted by molar-refractivity contribution is -0.127. The molecule has 0 bridgehead atoms. The lowest BCUT2D eigenvalue weighted by Gasteiger charge is -2.31. The Labute approximate surface area is 101 Å². The fourth-order valence-corrected chi connectivity index (χ4v) is 1.91. The van der Waals surface area contributed by atoms with Gasteiger partial charge in [-0.3, -0.25) is 4.79 Å². The van der Waals surface area contributed by atoms with Crippen molar-refractivity contribution < 1.29 is 9.53 Å². The first kappa shape index (κ1) is 11.6. The van der Waals surface area contributed by atoms with Crippen LogP contribution in [-0.2, 0) is 4.79 Å². The summed E-state index contributed by atoms with van der Waals surface area (Å²) in [4.78, 5) is 17.3. The highest BCUT2D eigenvalue weighted by atomic mass is 16.5. The number of aromatic nitrogens is 1. The van der Waals surface area contributed by atoms with Crippen LogP contribution in [0.3, 0.4) is 0 Å². The van der Waals surface area contributed by atoms with E-state index in [1.807, 2.05) is 18.2 Å². The third-order valence-electron chi connectivity index (χ3n) is 2.85. The summed E-state index contributed by atoms with van der Waals surface area (Å²) in [5, 5.41) is 0. The number of hydrogen-bond acceptors (Lipinski definition) is 3. The summed E-state index contributed by atoms with van der Waals surface area (Å²) in [5.74, 6) is 0.655. The number of nitrogens with zero attached hydrogens (tertiary/aromatic N) is 2. The van der Waals surface area contributed by atoms with Crippen molar-refractivity contribution in [2.75, 3.05) is 13.1 Å². The molecule has 90 valence electrons. The molecule has 0 radical (unpaired) electrons. The van der Waals surface area contributed by atoms with Crippen LogP contribution < -0.4 is 4.74 Å². The minimum atomic E-state index is 0.00119. The van der Waals surface area contributed by atoms with E-state index in [2.05, 4.69) is 11.6 Å². The molecule has 17 heavy (non-hydrogen) atoms. The monoisotopic (exact) mass is 232 g/mol. The van der Waals surface area contributed by atoms with Crippen molar-refractivity contribution in [3.8, 4) is 5.88 Å². The van der Waals surface area contributed by atoms with Gasteiger partial charge in [0.15, 0.2) is 0 Å². The number of amides is 1. The highest BCUT2D eigenvalue weighted by Crippen LogP contribution is 2.16. The Morgan fingerprint density at radius 3 is 2.82 bits per heavy atom. The Morgan fingerprint density at radius 1 is 1.47 bits per heavy atom. The van der Waals surface area contributed by atoms with Crippen LogP contribution in [0.4, 0.5) is 0 Å². The normalized spacial score (nSPS) is 16.6. The molecule has 4 heteroatoms. The molecule has 0 unspecified atom stereocenters. The summed E-state index contributed by atoms with van der Waals surface area (Å²) in [7, 11) is 0. The zero-order valence-electron chi connectivity index (χ0n) is 9.71. The molecule has 2 rings (SSSR count). The van der Waals surface area contributed by atoms with Crippen LogP contribution in [0.1, 0.15) is 12.8 Å². The summed E-state index contributed by atoms with van der Waals surface area (Å²) in [6, 6.07) is 5.61. The molecule has 0 aliphatic carbocycles. The van der Waals surface area contributed by atoms with Crippen molar-refractivity contribution in [2.24, 2.45) is 0 Å². The average molecular weight is 232 g/mol. The molecule has 1 saturated heterocycles. The first-order valence-electron chi connectivity index (χ1n) is 5.78. The molecule has 0 saturated carbocycles. The number of hydrogen-bond donors (Lipinski definition) is 0. The van der Waals surface area contributed by atoms with E-state index in [1.54, 1.807) is 11.1 Å². The van der Waals surface area contributed by atoms with Gasteiger partial charge in [-0.25, -0.2) is 4.98 Å². The molecule has 1 fully saturated rings. The van der Waals surface area contributed by atoms with Gasteiger partial charge in [-0.2, -0.15) is 0 Å². The van der Waals surface area contributed by atoms with Crippen molar-refractivity contribution in [1.29, 1.82) is 0 Å². The molecule has 1 amide bonds. The maximum atomic E-state index is 11.4.